The summed E-state index contributed by atoms with van der Waals surface area (Å²) in [6.07, 6.45) is 5.11. The van der Waals surface area contributed by atoms with Crippen LogP contribution < -0.4 is 0 Å². The molecule has 3 rings (SSSR count). The first kappa shape index (κ1) is 12.7. The maximum atomic E-state index is 6.26. The van der Waals surface area contributed by atoms with Crippen LogP contribution in [0.3, 0.4) is 0 Å². The summed E-state index contributed by atoms with van der Waals surface area (Å²) in [4.78, 5) is 12.7. The summed E-state index contributed by atoms with van der Waals surface area (Å²) < 4.78 is 0. The molecule has 0 spiro atoms. The lowest BCUT2D eigenvalue weighted by molar-refractivity contribution is 0.962. The average Bonchev–Trinajstić information content (AvgIpc) is 2.39. The molecule has 0 aliphatic heterocycles. The van der Waals surface area contributed by atoms with Crippen molar-refractivity contribution in [3.8, 4) is 0 Å². The number of fused-ring (bicyclic) bond motifs is 1. The number of hydrogen-bond donors (Lipinski definition) is 0. The van der Waals surface area contributed by atoms with Crippen molar-refractivity contribution in [3.63, 3.8) is 0 Å². The molecule has 0 N–H and O–H groups in total. The molecule has 0 aliphatic carbocycles. The molecule has 1 aromatic carbocycles. The fraction of sp³-hybridized carbons (Fsp3) is 0. The minimum atomic E-state index is 0.578. The van der Waals surface area contributed by atoms with Crippen molar-refractivity contribution in [2.45, 2.75) is 10.2 Å². The van der Waals surface area contributed by atoms with Crippen LogP contribution in [0.25, 0.3) is 10.8 Å². The van der Waals surface area contributed by atoms with Gasteiger partial charge in [-0.3, -0.25) is 0 Å². The summed E-state index contributed by atoms with van der Waals surface area (Å²) in [6.45, 7) is 0. The highest BCUT2D eigenvalue weighted by atomic mass is 35.5. The Morgan fingerprint density at radius 3 is 2.53 bits per heavy atom. The van der Waals surface area contributed by atoms with E-state index in [0.29, 0.717) is 15.2 Å². The third-order valence-electron chi connectivity index (χ3n) is 2.48. The van der Waals surface area contributed by atoms with Crippen LogP contribution in [-0.4, -0.2) is 15.0 Å². The molecule has 19 heavy (non-hydrogen) atoms. The second-order valence-electron chi connectivity index (χ2n) is 3.74. The van der Waals surface area contributed by atoms with Crippen molar-refractivity contribution < 1.29 is 0 Å². The summed E-state index contributed by atoms with van der Waals surface area (Å²) >= 11 is 13.6. The van der Waals surface area contributed by atoms with Crippen LogP contribution in [0.15, 0.2) is 53.0 Å². The SMILES string of the molecule is Clc1cc(Cl)c2c(Sc3ncccn3)nccc2c1. The zero-order valence-electron chi connectivity index (χ0n) is 9.55. The summed E-state index contributed by atoms with van der Waals surface area (Å²) in [5.74, 6) is 0. The molecule has 0 bridgehead atoms. The molecule has 0 saturated carbocycles. The van der Waals surface area contributed by atoms with E-state index < -0.39 is 0 Å². The van der Waals surface area contributed by atoms with E-state index in [-0.39, 0.29) is 0 Å². The largest absolute Gasteiger partial charge is 0.249 e. The Morgan fingerprint density at radius 1 is 0.947 bits per heavy atom. The smallest absolute Gasteiger partial charge is 0.193 e. The number of hydrogen-bond acceptors (Lipinski definition) is 4. The van der Waals surface area contributed by atoms with Crippen molar-refractivity contribution in [1.82, 2.24) is 15.0 Å². The monoisotopic (exact) mass is 307 g/mol. The lowest BCUT2D eigenvalue weighted by atomic mass is 10.2. The van der Waals surface area contributed by atoms with Crippen LogP contribution in [0.2, 0.25) is 10.0 Å². The Bertz CT molecular complexity index is 735. The zero-order valence-corrected chi connectivity index (χ0v) is 11.9. The molecule has 2 heterocycles. The van der Waals surface area contributed by atoms with Gasteiger partial charge in [0, 0.05) is 29.0 Å². The lowest BCUT2D eigenvalue weighted by Gasteiger charge is -2.06. The highest BCUT2D eigenvalue weighted by Gasteiger charge is 2.10. The molecule has 0 amide bonds. The van der Waals surface area contributed by atoms with Crippen molar-refractivity contribution >= 4 is 45.7 Å². The molecule has 0 unspecified atom stereocenters. The van der Waals surface area contributed by atoms with Gasteiger partial charge >= 0.3 is 0 Å². The normalized spacial score (nSPS) is 10.8. The van der Waals surface area contributed by atoms with E-state index in [1.54, 1.807) is 30.7 Å². The van der Waals surface area contributed by atoms with Crippen molar-refractivity contribution in [2.24, 2.45) is 0 Å². The second kappa shape index (κ2) is 5.33. The molecule has 3 aromatic rings. The van der Waals surface area contributed by atoms with Gasteiger partial charge in [-0.2, -0.15) is 0 Å². The fourth-order valence-electron chi connectivity index (χ4n) is 1.70. The first-order valence-corrected chi connectivity index (χ1v) is 7.00. The van der Waals surface area contributed by atoms with Crippen molar-refractivity contribution in [3.05, 3.63) is 52.9 Å². The quantitative estimate of drug-likeness (QED) is 0.654. The Hall–Kier alpha value is -1.36. The minimum absolute atomic E-state index is 0.578. The predicted molar refractivity (Wildman–Crippen MR) is 77.9 cm³/mol. The van der Waals surface area contributed by atoms with Crippen LogP contribution >= 0.6 is 35.0 Å². The fourth-order valence-corrected chi connectivity index (χ4v) is 3.20. The highest BCUT2D eigenvalue weighted by Crippen LogP contribution is 2.35. The highest BCUT2D eigenvalue weighted by molar-refractivity contribution is 7.99. The molecule has 94 valence electrons. The van der Waals surface area contributed by atoms with Gasteiger partial charge in [-0.1, -0.05) is 23.2 Å². The number of aromatic nitrogens is 3. The zero-order chi connectivity index (χ0) is 13.2. The molecule has 0 fully saturated rings. The molecule has 6 heteroatoms. The van der Waals surface area contributed by atoms with Gasteiger partial charge in [0.15, 0.2) is 5.16 Å². The molecule has 0 aliphatic rings. The van der Waals surface area contributed by atoms with Crippen molar-refractivity contribution in [2.75, 3.05) is 0 Å². The topological polar surface area (TPSA) is 38.7 Å². The van der Waals surface area contributed by atoms with E-state index in [4.69, 9.17) is 23.2 Å². The van der Waals surface area contributed by atoms with Crippen molar-refractivity contribution in [1.29, 1.82) is 0 Å². The summed E-state index contributed by atoms with van der Waals surface area (Å²) in [5, 5.41) is 4.40. The molecular formula is C13H7Cl2N3S. The van der Waals surface area contributed by atoms with Gasteiger partial charge in [0.2, 0.25) is 0 Å². The summed E-state index contributed by atoms with van der Waals surface area (Å²) in [6, 6.07) is 7.22. The number of halogens is 2. The van der Waals surface area contributed by atoms with Crippen LogP contribution in [0, 0.1) is 0 Å². The van der Waals surface area contributed by atoms with Gasteiger partial charge in [0.05, 0.1) is 5.02 Å². The molecule has 0 atom stereocenters. The van der Waals surface area contributed by atoms with Crippen LogP contribution in [0.1, 0.15) is 0 Å². The predicted octanol–water partition coefficient (Wildman–Crippen LogP) is 4.48. The van der Waals surface area contributed by atoms with E-state index in [9.17, 15) is 0 Å². The van der Waals surface area contributed by atoms with E-state index in [1.807, 2.05) is 12.1 Å². The third kappa shape index (κ3) is 2.66. The molecule has 3 nitrogen and oxygen atoms in total. The van der Waals surface area contributed by atoms with Gasteiger partial charge in [-0.15, -0.1) is 0 Å². The van der Waals surface area contributed by atoms with E-state index >= 15 is 0 Å². The minimum Gasteiger partial charge on any atom is -0.249 e. The Labute approximate surface area is 124 Å². The Balaban J connectivity index is 2.14. The maximum Gasteiger partial charge on any atom is 0.193 e. The molecular weight excluding hydrogens is 301 g/mol. The standard InChI is InChI=1S/C13H7Cl2N3S/c14-9-6-8-2-5-16-12(11(8)10(15)7-9)19-13-17-3-1-4-18-13/h1-7H. The number of rotatable bonds is 2. The van der Waals surface area contributed by atoms with Gasteiger partial charge in [-0.05, 0) is 41.4 Å². The van der Waals surface area contributed by atoms with Crippen LogP contribution in [0.5, 0.6) is 0 Å². The number of pyridine rings is 1. The lowest BCUT2D eigenvalue weighted by Crippen LogP contribution is -1.88. The van der Waals surface area contributed by atoms with E-state index in [1.165, 1.54) is 11.8 Å². The van der Waals surface area contributed by atoms with Gasteiger partial charge in [0.25, 0.3) is 0 Å². The van der Waals surface area contributed by atoms with E-state index in [0.717, 1.165) is 15.8 Å². The molecule has 2 aromatic heterocycles. The second-order valence-corrected chi connectivity index (χ2v) is 5.53. The Morgan fingerprint density at radius 2 is 1.74 bits per heavy atom. The van der Waals surface area contributed by atoms with Gasteiger partial charge < -0.3 is 0 Å². The summed E-state index contributed by atoms with van der Waals surface area (Å²) in [7, 11) is 0. The van der Waals surface area contributed by atoms with Gasteiger partial charge in [-0.25, -0.2) is 15.0 Å². The maximum absolute atomic E-state index is 6.26. The van der Waals surface area contributed by atoms with Crippen LogP contribution in [0.4, 0.5) is 0 Å². The average molecular weight is 308 g/mol. The number of benzene rings is 1. The first-order chi connectivity index (χ1) is 9.24. The van der Waals surface area contributed by atoms with Crippen LogP contribution in [-0.2, 0) is 0 Å². The molecule has 0 saturated heterocycles. The molecule has 0 radical (unpaired) electrons. The Kier molecular flexibility index (Phi) is 3.55. The third-order valence-corrected chi connectivity index (χ3v) is 3.89. The van der Waals surface area contributed by atoms with E-state index in [2.05, 4.69) is 15.0 Å². The number of nitrogens with zero attached hydrogens (tertiary/aromatic N) is 3. The summed E-state index contributed by atoms with van der Waals surface area (Å²) in [5.41, 5.74) is 0. The van der Waals surface area contributed by atoms with Gasteiger partial charge in [0.1, 0.15) is 5.03 Å². The first-order valence-electron chi connectivity index (χ1n) is 5.43.